The highest BCUT2D eigenvalue weighted by Gasteiger charge is 2.22. The molecule has 11 heteroatoms. The summed E-state index contributed by atoms with van der Waals surface area (Å²) in [6, 6.07) is 13.3. The van der Waals surface area contributed by atoms with Crippen LogP contribution in [0.25, 0.3) is 0 Å². The van der Waals surface area contributed by atoms with Crippen molar-refractivity contribution in [1.82, 2.24) is 10.3 Å². The molecule has 0 spiro atoms. The summed E-state index contributed by atoms with van der Waals surface area (Å²) in [7, 11) is -0.513. The van der Waals surface area contributed by atoms with Crippen LogP contribution in [0, 0.1) is 0 Å². The van der Waals surface area contributed by atoms with E-state index in [1.54, 1.807) is 61.2 Å². The van der Waals surface area contributed by atoms with E-state index in [0.717, 1.165) is 16.9 Å². The molecule has 0 aliphatic rings. The van der Waals surface area contributed by atoms with Gasteiger partial charge in [-0.3, -0.25) is 9.10 Å². The van der Waals surface area contributed by atoms with Gasteiger partial charge >= 0.3 is 0 Å². The molecule has 0 unspecified atom stereocenters. The number of anilines is 1. The van der Waals surface area contributed by atoms with E-state index in [1.807, 2.05) is 6.07 Å². The number of amides is 1. The van der Waals surface area contributed by atoms with E-state index in [2.05, 4.69) is 10.3 Å². The van der Waals surface area contributed by atoms with Gasteiger partial charge in [-0.2, -0.15) is 0 Å². The molecule has 0 fully saturated rings. The first kappa shape index (κ1) is 24.5. The molecule has 9 nitrogen and oxygen atoms in total. The molecular formula is C22H25N3O6S2. The van der Waals surface area contributed by atoms with Crippen molar-refractivity contribution >= 4 is 33.0 Å². The van der Waals surface area contributed by atoms with Crippen molar-refractivity contribution in [1.29, 1.82) is 0 Å². The minimum absolute atomic E-state index is 0.172. The third-order valence-corrected chi connectivity index (χ3v) is 7.66. The van der Waals surface area contributed by atoms with Crippen LogP contribution in [0.1, 0.15) is 5.56 Å². The first-order valence-corrected chi connectivity index (χ1v) is 12.3. The summed E-state index contributed by atoms with van der Waals surface area (Å²) in [6.07, 6.45) is 1.63. The Bertz CT molecular complexity index is 1120. The number of methoxy groups -OCH3 is 1. The molecule has 0 aliphatic heterocycles. The van der Waals surface area contributed by atoms with Crippen LogP contribution in [0.15, 0.2) is 64.3 Å². The fourth-order valence-corrected chi connectivity index (χ4v) is 5.02. The third-order valence-electron chi connectivity index (χ3n) is 4.50. The molecule has 2 heterocycles. The zero-order valence-corrected chi connectivity index (χ0v) is 19.9. The first-order valence-electron chi connectivity index (χ1n) is 9.99. The second kappa shape index (κ2) is 11.6. The van der Waals surface area contributed by atoms with Gasteiger partial charge in [-0.15, -0.1) is 11.3 Å². The number of carbonyl (C=O) groups excluding carboxylic acids is 1. The Morgan fingerprint density at radius 2 is 1.88 bits per heavy atom. The number of hydrogen-bond donors (Lipinski definition) is 1. The normalized spacial score (nSPS) is 11.1. The molecule has 0 saturated carbocycles. The lowest BCUT2D eigenvalue weighted by molar-refractivity contribution is -0.123. The van der Waals surface area contributed by atoms with E-state index in [1.165, 1.54) is 11.4 Å². The molecule has 0 atom stereocenters. The van der Waals surface area contributed by atoms with Crippen LogP contribution in [-0.2, 0) is 26.1 Å². The average Bonchev–Trinajstić information content (AvgIpc) is 3.38. The highest BCUT2D eigenvalue weighted by atomic mass is 32.2. The van der Waals surface area contributed by atoms with Gasteiger partial charge in [-0.1, -0.05) is 12.1 Å². The first-order chi connectivity index (χ1) is 15.9. The molecule has 1 aromatic carbocycles. The predicted octanol–water partition coefficient (Wildman–Crippen LogP) is 2.69. The maximum Gasteiger partial charge on any atom is 0.273 e. The van der Waals surface area contributed by atoms with Crippen molar-refractivity contribution in [3.8, 4) is 11.6 Å². The van der Waals surface area contributed by atoms with Gasteiger partial charge in [0, 0.05) is 33.0 Å². The Kier molecular flexibility index (Phi) is 8.64. The molecule has 3 aromatic rings. The van der Waals surface area contributed by atoms with Crippen molar-refractivity contribution in [3.05, 3.63) is 65.7 Å². The fourth-order valence-electron chi connectivity index (χ4n) is 2.67. The smallest absolute Gasteiger partial charge is 0.273 e. The number of nitrogens with one attached hydrogen (secondary N) is 1. The van der Waals surface area contributed by atoms with Gasteiger partial charge in [0.25, 0.3) is 15.9 Å². The maximum absolute atomic E-state index is 12.6. The van der Waals surface area contributed by atoms with E-state index in [4.69, 9.17) is 14.2 Å². The molecule has 0 saturated heterocycles. The molecule has 2 aromatic heterocycles. The average molecular weight is 492 g/mol. The van der Waals surface area contributed by atoms with Crippen molar-refractivity contribution in [2.45, 2.75) is 10.8 Å². The van der Waals surface area contributed by atoms with Gasteiger partial charge < -0.3 is 19.5 Å². The van der Waals surface area contributed by atoms with E-state index in [-0.39, 0.29) is 16.7 Å². The summed E-state index contributed by atoms with van der Waals surface area (Å²) in [5.41, 5.74) is 1.31. The van der Waals surface area contributed by atoms with Crippen LogP contribution in [0.4, 0.5) is 5.69 Å². The summed E-state index contributed by atoms with van der Waals surface area (Å²) in [5.74, 6) is 0.648. The van der Waals surface area contributed by atoms with E-state index in [0.29, 0.717) is 37.1 Å². The number of carbonyl (C=O) groups is 1. The van der Waals surface area contributed by atoms with Crippen molar-refractivity contribution in [3.63, 3.8) is 0 Å². The number of ether oxygens (including phenoxy) is 3. The number of nitrogens with zero attached hydrogens (tertiary/aromatic N) is 2. The molecule has 3 rings (SSSR count). The zero-order chi connectivity index (χ0) is 23.7. The number of rotatable bonds is 12. The summed E-state index contributed by atoms with van der Waals surface area (Å²) in [5, 5.41) is 4.47. The quantitative estimate of drug-likeness (QED) is 0.388. The Balaban J connectivity index is 1.45. The second-order valence-electron chi connectivity index (χ2n) is 6.81. The Labute approximate surface area is 197 Å². The predicted molar refractivity (Wildman–Crippen MR) is 125 cm³/mol. The van der Waals surface area contributed by atoms with Crippen LogP contribution < -0.4 is 19.1 Å². The monoisotopic (exact) mass is 491 g/mol. The lowest BCUT2D eigenvalue weighted by Gasteiger charge is -2.18. The topological polar surface area (TPSA) is 107 Å². The summed E-state index contributed by atoms with van der Waals surface area (Å²) >= 11 is 1.16. The van der Waals surface area contributed by atoms with E-state index in [9.17, 15) is 13.2 Å². The van der Waals surface area contributed by atoms with Crippen LogP contribution in [-0.4, -0.2) is 53.3 Å². The number of aromatic nitrogens is 1. The zero-order valence-electron chi connectivity index (χ0n) is 18.3. The summed E-state index contributed by atoms with van der Waals surface area (Å²) < 4.78 is 42.5. The van der Waals surface area contributed by atoms with Crippen LogP contribution in [0.2, 0.25) is 0 Å². The number of sulfonamides is 1. The molecule has 33 heavy (non-hydrogen) atoms. The van der Waals surface area contributed by atoms with Crippen molar-refractivity contribution in [2.24, 2.45) is 0 Å². The maximum atomic E-state index is 12.6. The highest BCUT2D eigenvalue weighted by molar-refractivity contribution is 7.94. The lowest BCUT2D eigenvalue weighted by atomic mass is 10.3. The lowest BCUT2D eigenvalue weighted by Crippen LogP contribution is -2.28. The molecular weight excluding hydrogens is 466 g/mol. The minimum atomic E-state index is -3.60. The standard InChI is InChI=1S/C22H25N3O6S2/c1-25(33(27,28)22-4-3-13-32-22)18-6-8-19(9-7-18)31-16-20(26)23-14-17-5-10-21(24-15-17)30-12-11-29-2/h3-10,13,15H,11-12,14,16H2,1-2H3,(H,23,26). The molecule has 1 N–H and O–H groups in total. The Morgan fingerprint density at radius 3 is 2.52 bits per heavy atom. The van der Waals surface area contributed by atoms with Gasteiger partial charge in [-0.05, 0) is 41.3 Å². The SMILES string of the molecule is COCCOc1ccc(CNC(=O)COc2ccc(N(C)S(=O)(=O)c3cccs3)cc2)cn1. The van der Waals surface area contributed by atoms with E-state index < -0.39 is 10.0 Å². The van der Waals surface area contributed by atoms with Crippen molar-refractivity contribution < 1.29 is 27.4 Å². The van der Waals surface area contributed by atoms with Crippen LogP contribution >= 0.6 is 11.3 Å². The van der Waals surface area contributed by atoms with Crippen molar-refractivity contribution in [2.75, 3.05) is 38.3 Å². The Morgan fingerprint density at radius 1 is 1.09 bits per heavy atom. The number of hydrogen-bond acceptors (Lipinski definition) is 8. The van der Waals surface area contributed by atoms with Gasteiger partial charge in [0.2, 0.25) is 5.88 Å². The fraction of sp³-hybridized carbons (Fsp3) is 0.273. The molecule has 0 bridgehead atoms. The number of benzene rings is 1. The number of pyridine rings is 1. The molecule has 176 valence electrons. The van der Waals surface area contributed by atoms with Gasteiger partial charge in [0.15, 0.2) is 6.61 Å². The summed E-state index contributed by atoms with van der Waals surface area (Å²) in [6.45, 7) is 1.03. The highest BCUT2D eigenvalue weighted by Crippen LogP contribution is 2.26. The molecule has 0 radical (unpaired) electrons. The van der Waals surface area contributed by atoms with Gasteiger partial charge in [-0.25, -0.2) is 13.4 Å². The minimum Gasteiger partial charge on any atom is -0.484 e. The largest absolute Gasteiger partial charge is 0.484 e. The van der Waals surface area contributed by atoms with E-state index >= 15 is 0 Å². The van der Waals surface area contributed by atoms with Gasteiger partial charge in [0.05, 0.1) is 12.3 Å². The Hall–Kier alpha value is -3.15. The second-order valence-corrected chi connectivity index (χ2v) is 9.95. The summed E-state index contributed by atoms with van der Waals surface area (Å²) in [4.78, 5) is 16.3. The van der Waals surface area contributed by atoms with Crippen LogP contribution in [0.5, 0.6) is 11.6 Å². The number of thiophene rings is 1. The molecule has 0 aliphatic carbocycles. The molecule has 1 amide bonds. The van der Waals surface area contributed by atoms with Crippen LogP contribution in [0.3, 0.4) is 0 Å². The van der Waals surface area contributed by atoms with Gasteiger partial charge in [0.1, 0.15) is 16.6 Å². The third kappa shape index (κ3) is 6.91.